The molecular weight excluding hydrogens is 465 g/mol. The van der Waals surface area contributed by atoms with E-state index in [1.807, 2.05) is 48.5 Å². The van der Waals surface area contributed by atoms with Crippen LogP contribution in [0.4, 0.5) is 0 Å². The number of hydrogen-bond acceptors (Lipinski definition) is 2. The largest absolute Gasteiger partial charge is 3.00 e. The summed E-state index contributed by atoms with van der Waals surface area (Å²) in [5.74, 6) is 1.97. The number of ketones is 1. The van der Waals surface area contributed by atoms with E-state index in [2.05, 4.69) is 29.3 Å². The summed E-state index contributed by atoms with van der Waals surface area (Å²) < 4.78 is 6.66. The Hall–Kier alpha value is -0.506. The molecule has 4 heteroatoms. The number of halogens is 1. The molecule has 2 aliphatic rings. The van der Waals surface area contributed by atoms with E-state index in [-0.39, 0.29) is 45.9 Å². The van der Waals surface area contributed by atoms with Gasteiger partial charge in [-0.05, 0) is 54.4 Å². The molecule has 0 aliphatic heterocycles. The van der Waals surface area contributed by atoms with Gasteiger partial charge in [-0.1, -0.05) is 22.4 Å². The Morgan fingerprint density at radius 1 is 1.08 bits per heavy atom. The standard InChI is InChI=1S/C18H16BrO2.C3H5.CH3.Y/c1-12-10-15(12)11-21-17-8-4-14(5-9-17)18(20)13-2-6-16(19)7-3-13;1-2-3-1;;/h2-9,12,15H,1,10-11H2;1H,2-3H2;1H3;/q3*-1;+3/t12-,15+;;;/m0.../s1. The van der Waals surface area contributed by atoms with Gasteiger partial charge in [0.05, 0.1) is 6.61 Å². The second-order valence-corrected chi connectivity index (χ2v) is 7.21. The predicted octanol–water partition coefficient (Wildman–Crippen LogP) is 5.96. The molecule has 0 radical (unpaired) electrons. The molecule has 0 N–H and O–H groups in total. The monoisotopic (exact) mass is 488 g/mol. The van der Waals surface area contributed by atoms with Crippen LogP contribution in [0.15, 0.2) is 53.0 Å². The van der Waals surface area contributed by atoms with E-state index < -0.39 is 0 Å². The molecule has 0 heterocycles. The van der Waals surface area contributed by atoms with E-state index in [1.165, 1.54) is 12.8 Å². The van der Waals surface area contributed by atoms with Crippen molar-refractivity contribution in [3.8, 4) is 5.75 Å². The van der Waals surface area contributed by atoms with E-state index in [0.717, 1.165) is 16.6 Å². The molecule has 2 fully saturated rings. The van der Waals surface area contributed by atoms with Crippen molar-refractivity contribution in [1.29, 1.82) is 0 Å². The second-order valence-electron chi connectivity index (χ2n) is 6.29. The van der Waals surface area contributed by atoms with E-state index in [0.29, 0.717) is 29.6 Å². The van der Waals surface area contributed by atoms with Gasteiger partial charge in [0.25, 0.3) is 0 Å². The van der Waals surface area contributed by atoms with Gasteiger partial charge in [-0.25, -0.2) is 12.8 Å². The first-order valence-electron chi connectivity index (χ1n) is 8.31. The summed E-state index contributed by atoms with van der Waals surface area (Å²) in [6.07, 6.45) is 6.15. The maximum Gasteiger partial charge on any atom is 3.00 e. The first-order valence-corrected chi connectivity index (χ1v) is 9.10. The van der Waals surface area contributed by atoms with Crippen molar-refractivity contribution in [1.82, 2.24) is 0 Å². The molecule has 2 aromatic rings. The summed E-state index contributed by atoms with van der Waals surface area (Å²) in [4.78, 5) is 12.3. The minimum Gasteiger partial charge on any atom is -0.493 e. The van der Waals surface area contributed by atoms with Crippen molar-refractivity contribution in [3.63, 3.8) is 0 Å². The molecule has 0 amide bonds. The maximum absolute atomic E-state index is 12.3. The van der Waals surface area contributed by atoms with Crippen LogP contribution in [0, 0.1) is 32.6 Å². The van der Waals surface area contributed by atoms with Crippen molar-refractivity contribution in [2.45, 2.75) is 19.3 Å². The summed E-state index contributed by atoms with van der Waals surface area (Å²) in [6.45, 7) is 4.71. The average Bonchev–Trinajstić information content (AvgIpc) is 3.51. The number of rotatable bonds is 5. The van der Waals surface area contributed by atoms with Gasteiger partial charge >= 0.3 is 32.7 Å². The summed E-state index contributed by atoms with van der Waals surface area (Å²) >= 11 is 3.37. The Bertz CT molecular complexity index is 678. The molecule has 2 saturated carbocycles. The molecule has 0 bridgehead atoms. The molecule has 26 heavy (non-hydrogen) atoms. The molecule has 0 spiro atoms. The molecule has 0 unspecified atom stereocenters. The summed E-state index contributed by atoms with van der Waals surface area (Å²) in [5, 5.41) is 0. The van der Waals surface area contributed by atoms with Gasteiger partial charge in [-0.15, -0.1) is 0 Å². The van der Waals surface area contributed by atoms with E-state index in [9.17, 15) is 4.79 Å². The first kappa shape index (κ1) is 23.5. The van der Waals surface area contributed by atoms with Crippen LogP contribution in [0.5, 0.6) is 5.75 Å². The van der Waals surface area contributed by atoms with Crippen LogP contribution in [0.3, 0.4) is 0 Å². The van der Waals surface area contributed by atoms with Crippen LogP contribution >= 0.6 is 15.9 Å². The molecule has 0 saturated heterocycles. The van der Waals surface area contributed by atoms with Crippen molar-refractivity contribution >= 4 is 21.7 Å². The molecule has 2 nitrogen and oxygen atoms in total. The van der Waals surface area contributed by atoms with Gasteiger partial charge in [0.15, 0.2) is 5.78 Å². The Morgan fingerprint density at radius 2 is 1.54 bits per heavy atom. The smallest absolute Gasteiger partial charge is 0.493 e. The average molecular weight is 489 g/mol. The number of benzene rings is 2. The van der Waals surface area contributed by atoms with Crippen molar-refractivity contribution in [2.75, 3.05) is 6.61 Å². The molecule has 2 atom stereocenters. The molecule has 0 aromatic heterocycles. The van der Waals surface area contributed by atoms with Crippen LogP contribution < -0.4 is 4.74 Å². The summed E-state index contributed by atoms with van der Waals surface area (Å²) in [7, 11) is 0. The first-order chi connectivity index (χ1) is 11.6. The SMILES string of the molecule is [CH-]1CC1.[CH2-][C@H]1C[C@@H]1COc1ccc(C(=O)c2ccc(Br)cc2)cc1.[CH3-].[Y+3]. The minimum absolute atomic E-state index is 0. The zero-order chi connectivity index (χ0) is 16.9. The molecule has 2 aliphatic carbocycles. The van der Waals surface area contributed by atoms with Gasteiger partial charge < -0.3 is 25.5 Å². The maximum atomic E-state index is 12.3. The predicted molar refractivity (Wildman–Crippen MR) is 106 cm³/mol. The van der Waals surface area contributed by atoms with Crippen LogP contribution in [0.25, 0.3) is 0 Å². The van der Waals surface area contributed by atoms with Gasteiger partial charge in [0.2, 0.25) is 0 Å². The number of carbonyl (C=O) groups excluding carboxylic acids is 1. The molecule has 2 aromatic carbocycles. The summed E-state index contributed by atoms with van der Waals surface area (Å²) in [5.41, 5.74) is 1.36. The van der Waals surface area contributed by atoms with Crippen molar-refractivity contribution in [3.05, 3.63) is 84.9 Å². The van der Waals surface area contributed by atoms with Crippen molar-refractivity contribution < 1.29 is 42.2 Å². The zero-order valence-corrected chi connectivity index (χ0v) is 19.6. The second kappa shape index (κ2) is 11.4. The van der Waals surface area contributed by atoms with Crippen molar-refractivity contribution in [2.24, 2.45) is 11.8 Å². The normalized spacial score (nSPS) is 19.0. The van der Waals surface area contributed by atoms with Gasteiger partial charge in [-0.3, -0.25) is 4.79 Å². The zero-order valence-electron chi connectivity index (χ0n) is 15.2. The van der Waals surface area contributed by atoms with E-state index in [4.69, 9.17) is 4.74 Å². The number of hydrogen-bond donors (Lipinski definition) is 0. The fraction of sp³-hybridized carbons (Fsp3) is 0.273. The molecular formula is C22H24BrO2Y. The van der Waals surface area contributed by atoms with Crippen LogP contribution in [-0.4, -0.2) is 12.4 Å². The van der Waals surface area contributed by atoms with Crippen LogP contribution in [0.2, 0.25) is 0 Å². The van der Waals surface area contributed by atoms with E-state index >= 15 is 0 Å². The van der Waals surface area contributed by atoms with Gasteiger partial charge in [-0.2, -0.15) is 5.92 Å². The minimum atomic E-state index is 0. The Morgan fingerprint density at radius 3 is 1.96 bits per heavy atom. The van der Waals surface area contributed by atoms with Gasteiger partial charge in [0, 0.05) is 15.6 Å². The number of ether oxygens (including phenoxy) is 1. The molecule has 4 rings (SSSR count). The summed E-state index contributed by atoms with van der Waals surface area (Å²) in [6, 6.07) is 14.7. The fourth-order valence-corrected chi connectivity index (χ4v) is 2.45. The van der Waals surface area contributed by atoms with Crippen LogP contribution in [0.1, 0.15) is 35.2 Å². The third kappa shape index (κ3) is 7.62. The van der Waals surface area contributed by atoms with Gasteiger partial charge in [0.1, 0.15) is 5.75 Å². The number of carbonyl (C=O) groups is 1. The molecule has 134 valence electrons. The third-order valence-corrected chi connectivity index (χ3v) is 4.57. The topological polar surface area (TPSA) is 26.3 Å². The van der Waals surface area contributed by atoms with E-state index in [1.54, 1.807) is 0 Å². The Labute approximate surface area is 191 Å². The van der Waals surface area contributed by atoms with Crippen LogP contribution in [-0.2, 0) is 32.7 Å². The Balaban J connectivity index is 0.000000615. The fourth-order valence-electron chi connectivity index (χ4n) is 2.19. The third-order valence-electron chi connectivity index (χ3n) is 4.04. The Kier molecular flexibility index (Phi) is 10.3. The quantitative estimate of drug-likeness (QED) is 0.383.